The summed E-state index contributed by atoms with van der Waals surface area (Å²) in [6.07, 6.45) is 6.35. The molecule has 1 rings (SSSR count). The molecule has 0 aliphatic rings. The van der Waals surface area contributed by atoms with Gasteiger partial charge in [-0.3, -0.25) is 0 Å². The van der Waals surface area contributed by atoms with Crippen molar-refractivity contribution >= 4 is 11.8 Å². The van der Waals surface area contributed by atoms with E-state index in [9.17, 15) is 0 Å². The van der Waals surface area contributed by atoms with Crippen LogP contribution in [0.25, 0.3) is 0 Å². The van der Waals surface area contributed by atoms with Crippen LogP contribution in [-0.2, 0) is 7.05 Å². The van der Waals surface area contributed by atoms with E-state index in [-0.39, 0.29) is 0 Å². The maximum Gasteiger partial charge on any atom is 0.167 e. The van der Waals surface area contributed by atoms with Crippen molar-refractivity contribution in [3.63, 3.8) is 0 Å². The predicted molar refractivity (Wildman–Crippen MR) is 66.3 cm³/mol. The first-order valence-corrected chi connectivity index (χ1v) is 6.46. The molecule has 0 bridgehead atoms. The Labute approximate surface area is 96.7 Å². The lowest BCUT2D eigenvalue weighted by atomic mass is 10.3. The third-order valence-electron chi connectivity index (χ3n) is 2.22. The van der Waals surface area contributed by atoms with Crippen molar-refractivity contribution in [2.45, 2.75) is 37.1 Å². The van der Waals surface area contributed by atoms with Crippen molar-refractivity contribution < 1.29 is 0 Å². The fourth-order valence-corrected chi connectivity index (χ4v) is 2.20. The van der Waals surface area contributed by atoms with Crippen molar-refractivity contribution in [2.24, 2.45) is 7.05 Å². The van der Waals surface area contributed by atoms with Gasteiger partial charge in [-0.2, -0.15) is 0 Å². The van der Waals surface area contributed by atoms with Crippen molar-refractivity contribution in [2.75, 3.05) is 13.1 Å². The number of aryl methyl sites for hydroxylation is 1. The molecule has 0 fully saturated rings. The van der Waals surface area contributed by atoms with Crippen molar-refractivity contribution in [3.05, 3.63) is 12.4 Å². The van der Waals surface area contributed by atoms with Crippen molar-refractivity contribution in [3.8, 4) is 0 Å². The number of hydrogen-bond acceptors (Lipinski definition) is 3. The summed E-state index contributed by atoms with van der Waals surface area (Å²) in [5.41, 5.74) is 0. The fourth-order valence-electron chi connectivity index (χ4n) is 1.29. The Kier molecular flexibility index (Phi) is 5.79. The van der Waals surface area contributed by atoms with Gasteiger partial charge in [-0.25, -0.2) is 4.98 Å². The first-order chi connectivity index (χ1) is 7.24. The first-order valence-electron chi connectivity index (χ1n) is 5.58. The topological polar surface area (TPSA) is 29.9 Å². The van der Waals surface area contributed by atoms with Gasteiger partial charge in [-0.15, -0.1) is 0 Å². The van der Waals surface area contributed by atoms with E-state index >= 15 is 0 Å². The highest BCUT2D eigenvalue weighted by Gasteiger charge is 2.06. The Morgan fingerprint density at radius 2 is 2.40 bits per heavy atom. The van der Waals surface area contributed by atoms with E-state index in [2.05, 4.69) is 28.7 Å². The molecule has 15 heavy (non-hydrogen) atoms. The Morgan fingerprint density at radius 1 is 1.60 bits per heavy atom. The zero-order valence-corrected chi connectivity index (χ0v) is 10.7. The van der Waals surface area contributed by atoms with Crippen LogP contribution in [0, 0.1) is 0 Å². The Bertz CT molecular complexity index is 273. The number of thioether (sulfide) groups is 1. The van der Waals surface area contributed by atoms with Gasteiger partial charge in [0.15, 0.2) is 5.16 Å². The van der Waals surface area contributed by atoms with Gasteiger partial charge >= 0.3 is 0 Å². The fraction of sp³-hybridized carbons (Fsp3) is 0.727. The average molecular weight is 227 g/mol. The third kappa shape index (κ3) is 4.71. The molecule has 86 valence electrons. The quantitative estimate of drug-likeness (QED) is 0.572. The van der Waals surface area contributed by atoms with Crippen LogP contribution in [0.1, 0.15) is 26.7 Å². The third-order valence-corrected chi connectivity index (χ3v) is 3.40. The molecule has 1 atom stereocenters. The molecule has 1 aromatic rings. The number of hydrogen-bond donors (Lipinski definition) is 1. The van der Waals surface area contributed by atoms with E-state index in [1.54, 1.807) is 0 Å². The van der Waals surface area contributed by atoms with E-state index in [0.717, 1.165) is 18.2 Å². The number of rotatable bonds is 7. The highest BCUT2D eigenvalue weighted by atomic mass is 32.2. The summed E-state index contributed by atoms with van der Waals surface area (Å²) in [6.45, 7) is 6.63. The molecule has 3 nitrogen and oxygen atoms in total. The normalized spacial score (nSPS) is 13.0. The van der Waals surface area contributed by atoms with Crippen LogP contribution in [0.3, 0.4) is 0 Å². The Hall–Kier alpha value is -0.480. The van der Waals surface area contributed by atoms with Gasteiger partial charge in [0.1, 0.15) is 0 Å². The molecule has 0 aliphatic carbocycles. The summed E-state index contributed by atoms with van der Waals surface area (Å²) in [7, 11) is 2.03. The minimum absolute atomic E-state index is 0.572. The van der Waals surface area contributed by atoms with Crippen LogP contribution in [0.2, 0.25) is 0 Å². The molecule has 1 heterocycles. The van der Waals surface area contributed by atoms with Crippen LogP contribution in [0.15, 0.2) is 17.6 Å². The predicted octanol–water partition coefficient (Wildman–Crippen LogP) is 2.29. The summed E-state index contributed by atoms with van der Waals surface area (Å²) in [4.78, 5) is 4.30. The Balaban J connectivity index is 2.18. The lowest BCUT2D eigenvalue weighted by Crippen LogP contribution is -2.23. The molecule has 0 amide bonds. The molecule has 0 saturated carbocycles. The smallest absolute Gasteiger partial charge is 0.167 e. The van der Waals surface area contributed by atoms with E-state index < -0.39 is 0 Å². The molecule has 1 unspecified atom stereocenters. The maximum absolute atomic E-state index is 4.30. The largest absolute Gasteiger partial charge is 0.329 e. The second kappa shape index (κ2) is 6.90. The lowest BCUT2D eigenvalue weighted by molar-refractivity contribution is 0.637. The van der Waals surface area contributed by atoms with Crippen LogP contribution in [-0.4, -0.2) is 27.9 Å². The highest BCUT2D eigenvalue weighted by Crippen LogP contribution is 2.19. The number of unbranched alkanes of at least 4 members (excludes halogenated alkanes) is 1. The molecule has 0 aliphatic heterocycles. The molecular weight excluding hydrogens is 206 g/mol. The first kappa shape index (κ1) is 12.6. The van der Waals surface area contributed by atoms with Gasteiger partial charge in [0.05, 0.1) is 0 Å². The summed E-state index contributed by atoms with van der Waals surface area (Å²) in [5.74, 6) is 0. The maximum atomic E-state index is 4.30. The standard InChI is InChI=1S/C11H21N3S/c1-4-5-6-12-9-10(2)15-11-13-7-8-14(11)3/h7-8,10,12H,4-6,9H2,1-3H3. The lowest BCUT2D eigenvalue weighted by Gasteiger charge is -2.11. The van der Waals surface area contributed by atoms with Gasteiger partial charge in [-0.05, 0) is 13.0 Å². The highest BCUT2D eigenvalue weighted by molar-refractivity contribution is 7.99. The van der Waals surface area contributed by atoms with E-state index in [0.29, 0.717) is 5.25 Å². The molecule has 0 radical (unpaired) electrons. The summed E-state index contributed by atoms with van der Waals surface area (Å²) in [5, 5.41) is 5.13. The molecule has 0 aromatic carbocycles. The molecular formula is C11H21N3S. The van der Waals surface area contributed by atoms with Crippen LogP contribution >= 0.6 is 11.8 Å². The van der Waals surface area contributed by atoms with E-state index in [1.807, 2.05) is 31.2 Å². The second-order valence-electron chi connectivity index (χ2n) is 3.81. The monoisotopic (exact) mass is 227 g/mol. The van der Waals surface area contributed by atoms with Gasteiger partial charge in [-0.1, -0.05) is 32.0 Å². The Morgan fingerprint density at radius 3 is 3.00 bits per heavy atom. The molecule has 1 aromatic heterocycles. The van der Waals surface area contributed by atoms with Gasteiger partial charge < -0.3 is 9.88 Å². The van der Waals surface area contributed by atoms with Crippen LogP contribution in [0.4, 0.5) is 0 Å². The summed E-state index contributed by atoms with van der Waals surface area (Å²) in [6, 6.07) is 0. The minimum Gasteiger partial charge on any atom is -0.329 e. The van der Waals surface area contributed by atoms with Gasteiger partial charge in [0.25, 0.3) is 0 Å². The molecule has 0 saturated heterocycles. The van der Waals surface area contributed by atoms with E-state index in [1.165, 1.54) is 12.8 Å². The van der Waals surface area contributed by atoms with Gasteiger partial charge in [0, 0.05) is 31.2 Å². The van der Waals surface area contributed by atoms with E-state index in [4.69, 9.17) is 0 Å². The summed E-state index contributed by atoms with van der Waals surface area (Å²) < 4.78 is 2.06. The zero-order valence-electron chi connectivity index (χ0n) is 9.86. The summed E-state index contributed by atoms with van der Waals surface area (Å²) >= 11 is 1.82. The molecule has 0 spiro atoms. The second-order valence-corrected chi connectivity index (χ2v) is 5.21. The number of nitrogens with zero attached hydrogens (tertiary/aromatic N) is 2. The SMILES string of the molecule is CCCCNCC(C)Sc1nccn1C. The number of nitrogens with one attached hydrogen (secondary N) is 1. The number of imidazole rings is 1. The minimum atomic E-state index is 0.572. The van der Waals surface area contributed by atoms with Crippen LogP contribution < -0.4 is 5.32 Å². The molecule has 1 N–H and O–H groups in total. The molecule has 4 heteroatoms. The zero-order chi connectivity index (χ0) is 11.1. The number of aromatic nitrogens is 2. The van der Waals surface area contributed by atoms with Gasteiger partial charge in [0.2, 0.25) is 0 Å². The average Bonchev–Trinajstić information content (AvgIpc) is 2.59. The van der Waals surface area contributed by atoms with Crippen molar-refractivity contribution in [1.29, 1.82) is 0 Å². The van der Waals surface area contributed by atoms with Crippen molar-refractivity contribution in [1.82, 2.24) is 14.9 Å². The van der Waals surface area contributed by atoms with Crippen LogP contribution in [0.5, 0.6) is 0 Å².